The molecule has 1 unspecified atom stereocenters. The average molecular weight is 515 g/mol. The van der Waals surface area contributed by atoms with Crippen molar-refractivity contribution in [1.82, 2.24) is 14.7 Å². The van der Waals surface area contributed by atoms with Crippen molar-refractivity contribution < 1.29 is 22.3 Å². The van der Waals surface area contributed by atoms with Crippen molar-refractivity contribution in [3.8, 4) is 11.4 Å². The third-order valence-corrected chi connectivity index (χ3v) is 7.25. The van der Waals surface area contributed by atoms with E-state index in [-0.39, 0.29) is 24.8 Å². The highest BCUT2D eigenvalue weighted by Crippen LogP contribution is 2.51. The maximum Gasteiger partial charge on any atom is 0.311 e. The molecular weight excluding hydrogens is 484 g/mol. The van der Waals surface area contributed by atoms with Crippen LogP contribution in [0.5, 0.6) is 5.75 Å². The number of hydrogen-bond donors (Lipinski definition) is 1. The van der Waals surface area contributed by atoms with Gasteiger partial charge >= 0.3 is 5.92 Å². The minimum atomic E-state index is -3.41. The molecule has 3 aromatic rings. The Labute approximate surface area is 213 Å². The van der Waals surface area contributed by atoms with E-state index >= 15 is 8.78 Å². The van der Waals surface area contributed by atoms with Gasteiger partial charge in [-0.05, 0) is 42.7 Å². The molecule has 1 aromatic heterocycles. The second-order valence-corrected chi connectivity index (χ2v) is 9.68. The van der Waals surface area contributed by atoms with Gasteiger partial charge in [0.15, 0.2) is 5.82 Å². The van der Waals surface area contributed by atoms with E-state index in [2.05, 4.69) is 17.0 Å². The molecule has 1 atom stereocenters. The molecule has 5 rings (SSSR count). The second-order valence-electron chi connectivity index (χ2n) is 9.68. The predicted octanol–water partition coefficient (Wildman–Crippen LogP) is 6.74. The Hall–Kier alpha value is -3.33. The normalized spacial score (nSPS) is 19.9. The summed E-state index contributed by atoms with van der Waals surface area (Å²) in [5, 5.41) is 7.70. The van der Waals surface area contributed by atoms with Crippen LogP contribution in [0.4, 0.5) is 23.4 Å². The van der Waals surface area contributed by atoms with Gasteiger partial charge in [0.2, 0.25) is 0 Å². The number of methoxy groups -OCH3 is 1. The van der Waals surface area contributed by atoms with Crippen LogP contribution in [0.25, 0.3) is 5.69 Å². The first-order valence-electron chi connectivity index (χ1n) is 12.5. The van der Waals surface area contributed by atoms with Gasteiger partial charge < -0.3 is 10.1 Å². The number of aromatic nitrogens is 2. The Morgan fingerprint density at radius 3 is 2.49 bits per heavy atom. The molecule has 0 amide bonds. The molecule has 2 aromatic carbocycles. The van der Waals surface area contributed by atoms with Gasteiger partial charge in [-0.25, -0.2) is 13.5 Å². The van der Waals surface area contributed by atoms with E-state index < -0.39 is 29.3 Å². The quantitative estimate of drug-likeness (QED) is 0.280. The van der Waals surface area contributed by atoms with Crippen LogP contribution in [0.3, 0.4) is 0 Å². The number of alkyl halides is 2. The zero-order valence-electron chi connectivity index (χ0n) is 20.7. The van der Waals surface area contributed by atoms with E-state index in [0.717, 1.165) is 44.2 Å². The van der Waals surface area contributed by atoms with Crippen molar-refractivity contribution in [3.63, 3.8) is 0 Å². The predicted molar refractivity (Wildman–Crippen MR) is 134 cm³/mol. The lowest BCUT2D eigenvalue weighted by molar-refractivity contribution is -0.106. The number of halogens is 4. The van der Waals surface area contributed by atoms with Crippen molar-refractivity contribution in [2.24, 2.45) is 0 Å². The maximum absolute atomic E-state index is 16.4. The molecule has 0 spiro atoms. The van der Waals surface area contributed by atoms with E-state index in [1.54, 1.807) is 35.2 Å². The van der Waals surface area contributed by atoms with Crippen LogP contribution in [0.15, 0.2) is 55.1 Å². The molecule has 196 valence electrons. The molecule has 0 radical (unpaired) electrons. The Bertz CT molecular complexity index is 1270. The largest absolute Gasteiger partial charge is 0.497 e. The Morgan fingerprint density at radius 1 is 1.11 bits per heavy atom. The number of rotatable bonds is 7. The van der Waals surface area contributed by atoms with E-state index in [9.17, 15) is 8.78 Å². The molecule has 1 aliphatic carbocycles. The average Bonchev–Trinajstić information content (AvgIpc) is 3.24. The summed E-state index contributed by atoms with van der Waals surface area (Å²) in [6.07, 6.45) is 6.53. The first kappa shape index (κ1) is 25.3. The number of nitrogens with zero attached hydrogens (tertiary/aromatic N) is 3. The fraction of sp³-hybridized carbons (Fsp3) is 0.393. The van der Waals surface area contributed by atoms with Gasteiger partial charge in [0.05, 0.1) is 7.11 Å². The summed E-state index contributed by atoms with van der Waals surface area (Å²) < 4.78 is 67.8. The Kier molecular flexibility index (Phi) is 6.98. The van der Waals surface area contributed by atoms with Gasteiger partial charge in [-0.3, -0.25) is 4.90 Å². The SMILES string of the molecule is C=CCN1Cc2c(nn(-c3ccc(F)cc3F)c2NC2CCCCC2)C(F)(F)C1c1ccc(OC)cc1. The van der Waals surface area contributed by atoms with E-state index in [4.69, 9.17) is 4.74 Å². The van der Waals surface area contributed by atoms with Crippen LogP contribution in [0, 0.1) is 11.6 Å². The van der Waals surface area contributed by atoms with Crippen LogP contribution < -0.4 is 10.1 Å². The first-order valence-corrected chi connectivity index (χ1v) is 12.5. The summed E-state index contributed by atoms with van der Waals surface area (Å²) >= 11 is 0. The fourth-order valence-electron chi connectivity index (χ4n) is 5.48. The number of hydrogen-bond acceptors (Lipinski definition) is 4. The zero-order valence-corrected chi connectivity index (χ0v) is 20.7. The lowest BCUT2D eigenvalue weighted by Gasteiger charge is -2.40. The summed E-state index contributed by atoms with van der Waals surface area (Å²) in [7, 11) is 1.52. The number of nitrogens with one attached hydrogen (secondary N) is 1. The lowest BCUT2D eigenvalue weighted by atomic mass is 9.89. The Balaban J connectivity index is 1.66. The lowest BCUT2D eigenvalue weighted by Crippen LogP contribution is -2.44. The molecule has 1 fully saturated rings. The van der Waals surface area contributed by atoms with Gasteiger partial charge in [0.25, 0.3) is 0 Å². The standard InChI is InChI=1S/C28H30F4N4O/c1-3-15-35-17-22-25(28(31,32)26(35)18-9-12-21(37-2)13-10-18)34-36(24-14-11-19(29)16-23(24)30)27(22)33-20-7-5-4-6-8-20/h3,9-14,16,20,26,33H,1,4-8,15,17H2,2H3. The highest BCUT2D eigenvalue weighted by molar-refractivity contribution is 5.57. The van der Waals surface area contributed by atoms with Crippen LogP contribution >= 0.6 is 0 Å². The van der Waals surface area contributed by atoms with Crippen LogP contribution in [-0.4, -0.2) is 34.4 Å². The topological polar surface area (TPSA) is 42.3 Å². The summed E-state index contributed by atoms with van der Waals surface area (Å²) in [4.78, 5) is 1.65. The van der Waals surface area contributed by atoms with Gasteiger partial charge in [0, 0.05) is 30.8 Å². The summed E-state index contributed by atoms with van der Waals surface area (Å²) in [5.41, 5.74) is 0.227. The maximum atomic E-state index is 16.4. The van der Waals surface area contributed by atoms with Crippen molar-refractivity contribution in [2.75, 3.05) is 19.0 Å². The van der Waals surface area contributed by atoms with Gasteiger partial charge in [-0.1, -0.05) is 37.5 Å². The van der Waals surface area contributed by atoms with Crippen LogP contribution in [0.2, 0.25) is 0 Å². The Morgan fingerprint density at radius 2 is 1.84 bits per heavy atom. The highest BCUT2D eigenvalue weighted by Gasteiger charge is 2.53. The molecule has 0 saturated heterocycles. The highest BCUT2D eigenvalue weighted by atomic mass is 19.3. The molecule has 2 heterocycles. The smallest absolute Gasteiger partial charge is 0.311 e. The second kappa shape index (κ2) is 10.2. The van der Waals surface area contributed by atoms with Gasteiger partial charge in [-0.15, -0.1) is 6.58 Å². The molecule has 1 N–H and O–H groups in total. The molecule has 1 aliphatic heterocycles. The minimum absolute atomic E-state index is 0.0533. The summed E-state index contributed by atoms with van der Waals surface area (Å²) in [6.45, 7) is 4.15. The molecule has 9 heteroatoms. The van der Waals surface area contributed by atoms with E-state index in [1.165, 1.54) is 17.9 Å². The van der Waals surface area contributed by atoms with Crippen molar-refractivity contribution >= 4 is 5.82 Å². The zero-order chi connectivity index (χ0) is 26.2. The number of anilines is 1. The summed E-state index contributed by atoms with van der Waals surface area (Å²) in [6, 6.07) is 8.35. The number of benzene rings is 2. The molecular formula is C28H30F4N4O. The molecule has 2 aliphatic rings. The van der Waals surface area contributed by atoms with Crippen LogP contribution in [0.1, 0.15) is 55.0 Å². The van der Waals surface area contributed by atoms with Crippen molar-refractivity contribution in [3.05, 3.63) is 83.6 Å². The van der Waals surface area contributed by atoms with Gasteiger partial charge in [-0.2, -0.15) is 13.9 Å². The minimum Gasteiger partial charge on any atom is -0.497 e. The van der Waals surface area contributed by atoms with Gasteiger partial charge in [0.1, 0.15) is 34.8 Å². The fourth-order valence-corrected chi connectivity index (χ4v) is 5.48. The van der Waals surface area contributed by atoms with E-state index in [1.807, 2.05) is 0 Å². The third-order valence-electron chi connectivity index (χ3n) is 7.25. The van der Waals surface area contributed by atoms with E-state index in [0.29, 0.717) is 22.7 Å². The number of fused-ring (bicyclic) bond motifs is 1. The molecule has 5 nitrogen and oxygen atoms in total. The van der Waals surface area contributed by atoms with Crippen molar-refractivity contribution in [2.45, 2.75) is 56.7 Å². The first-order chi connectivity index (χ1) is 17.8. The summed E-state index contributed by atoms with van der Waals surface area (Å²) in [5.74, 6) is -4.13. The monoisotopic (exact) mass is 514 g/mol. The number of ether oxygens (including phenoxy) is 1. The third kappa shape index (κ3) is 4.72. The molecule has 1 saturated carbocycles. The molecule has 0 bridgehead atoms. The van der Waals surface area contributed by atoms with Crippen LogP contribution in [-0.2, 0) is 12.5 Å². The molecule has 37 heavy (non-hydrogen) atoms. The van der Waals surface area contributed by atoms with Crippen molar-refractivity contribution in [1.29, 1.82) is 0 Å².